The van der Waals surface area contributed by atoms with Gasteiger partial charge in [0, 0.05) is 11.1 Å². The minimum Gasteiger partial charge on any atom is -0.507 e. The molecule has 4 heteroatoms. The first-order chi connectivity index (χ1) is 10.9. The van der Waals surface area contributed by atoms with E-state index in [0.717, 1.165) is 11.1 Å². The van der Waals surface area contributed by atoms with E-state index in [1.54, 1.807) is 30.3 Å². The molecule has 0 aromatic heterocycles. The summed E-state index contributed by atoms with van der Waals surface area (Å²) >= 11 is 0. The smallest absolute Gasteiger partial charge is 0.128 e. The molecule has 0 spiro atoms. The molecule has 0 fully saturated rings. The van der Waals surface area contributed by atoms with Crippen LogP contribution in [0.2, 0.25) is 0 Å². The number of rotatable bonds is 1. The minimum absolute atomic E-state index is 0.0845. The molecule has 1 aliphatic rings. The summed E-state index contributed by atoms with van der Waals surface area (Å²) in [5.41, 5.74) is 2.44. The first-order valence-electron chi connectivity index (χ1n) is 7.13. The molecule has 112 valence electrons. The fourth-order valence-corrected chi connectivity index (χ4v) is 2.68. The number of fused-ring (bicyclic) bond motifs is 1. The number of benzene rings is 2. The van der Waals surface area contributed by atoms with E-state index in [0.29, 0.717) is 22.4 Å². The van der Waals surface area contributed by atoms with Crippen LogP contribution in [0.1, 0.15) is 36.1 Å². The van der Waals surface area contributed by atoms with Gasteiger partial charge in [-0.15, -0.1) is 0 Å². The second-order valence-corrected chi connectivity index (χ2v) is 5.93. The maximum Gasteiger partial charge on any atom is 0.128 e. The van der Waals surface area contributed by atoms with Crippen LogP contribution in [0.3, 0.4) is 0 Å². The number of ether oxygens (including phenoxy) is 1. The largest absolute Gasteiger partial charge is 0.507 e. The van der Waals surface area contributed by atoms with Crippen LogP contribution in [0, 0.1) is 22.7 Å². The third-order valence-electron chi connectivity index (χ3n) is 3.68. The van der Waals surface area contributed by atoms with Crippen LogP contribution in [-0.2, 0) is 0 Å². The maximum atomic E-state index is 10.2. The number of hydrogen-bond donors (Lipinski definition) is 1. The zero-order valence-corrected chi connectivity index (χ0v) is 12.8. The standard InChI is InChI=1S/C19H14N2O2/c1-19(2)9-16(14-7-12(10-20)3-5-17(14)22)15-8-13(11-21)4-6-18(15)23-19/h3-9,22H,1-2H3. The summed E-state index contributed by atoms with van der Waals surface area (Å²) < 4.78 is 5.93. The SMILES string of the molecule is CC1(C)C=C(c2cc(C#N)ccc2O)c2cc(C#N)ccc2O1. The van der Waals surface area contributed by atoms with Crippen molar-refractivity contribution in [3.8, 4) is 23.6 Å². The number of nitrogens with zero attached hydrogens (tertiary/aromatic N) is 2. The number of nitriles is 2. The lowest BCUT2D eigenvalue weighted by molar-refractivity contribution is 0.158. The van der Waals surface area contributed by atoms with Crippen molar-refractivity contribution in [1.82, 2.24) is 0 Å². The molecule has 0 saturated heterocycles. The predicted octanol–water partition coefficient (Wildman–Crippen LogP) is 3.74. The Kier molecular flexibility index (Phi) is 3.32. The van der Waals surface area contributed by atoms with Gasteiger partial charge in [-0.25, -0.2) is 0 Å². The van der Waals surface area contributed by atoms with Gasteiger partial charge in [-0.05, 0) is 61.9 Å². The Labute approximate surface area is 134 Å². The Morgan fingerprint density at radius 1 is 0.957 bits per heavy atom. The second kappa shape index (κ2) is 5.19. The second-order valence-electron chi connectivity index (χ2n) is 5.93. The van der Waals surface area contributed by atoms with E-state index in [1.165, 1.54) is 6.07 Å². The Hall–Kier alpha value is -3.24. The highest BCUT2D eigenvalue weighted by molar-refractivity contribution is 5.87. The summed E-state index contributed by atoms with van der Waals surface area (Å²) in [5.74, 6) is 0.731. The molecule has 1 aliphatic heterocycles. The van der Waals surface area contributed by atoms with Gasteiger partial charge < -0.3 is 9.84 Å². The third kappa shape index (κ3) is 2.63. The van der Waals surface area contributed by atoms with Gasteiger partial charge in [-0.2, -0.15) is 10.5 Å². The fourth-order valence-electron chi connectivity index (χ4n) is 2.68. The van der Waals surface area contributed by atoms with Gasteiger partial charge in [-0.3, -0.25) is 0 Å². The van der Waals surface area contributed by atoms with Crippen molar-refractivity contribution < 1.29 is 9.84 Å². The van der Waals surface area contributed by atoms with Gasteiger partial charge in [0.05, 0.1) is 23.3 Å². The number of phenolic OH excluding ortho intramolecular Hbond substituents is 1. The van der Waals surface area contributed by atoms with Crippen LogP contribution >= 0.6 is 0 Å². The third-order valence-corrected chi connectivity index (χ3v) is 3.68. The van der Waals surface area contributed by atoms with Crippen LogP contribution in [0.4, 0.5) is 0 Å². The predicted molar refractivity (Wildman–Crippen MR) is 85.8 cm³/mol. The summed E-state index contributed by atoms with van der Waals surface area (Å²) in [6.07, 6.45) is 1.90. The van der Waals surface area contributed by atoms with E-state index in [1.807, 2.05) is 19.9 Å². The van der Waals surface area contributed by atoms with Crippen molar-refractivity contribution in [3.63, 3.8) is 0 Å². The summed E-state index contributed by atoms with van der Waals surface area (Å²) in [5, 5.41) is 28.5. The number of phenols is 1. The Bertz CT molecular complexity index is 912. The summed E-state index contributed by atoms with van der Waals surface area (Å²) in [6.45, 7) is 3.83. The van der Waals surface area contributed by atoms with E-state index >= 15 is 0 Å². The average molecular weight is 302 g/mol. The number of aromatic hydroxyl groups is 1. The van der Waals surface area contributed by atoms with Crippen LogP contribution in [0.5, 0.6) is 11.5 Å². The van der Waals surface area contributed by atoms with Gasteiger partial charge in [0.1, 0.15) is 17.1 Å². The maximum absolute atomic E-state index is 10.2. The molecule has 0 amide bonds. The first-order valence-corrected chi connectivity index (χ1v) is 7.13. The van der Waals surface area contributed by atoms with Gasteiger partial charge >= 0.3 is 0 Å². The van der Waals surface area contributed by atoms with E-state index in [9.17, 15) is 5.11 Å². The minimum atomic E-state index is -0.564. The van der Waals surface area contributed by atoms with Gasteiger partial charge in [0.2, 0.25) is 0 Å². The van der Waals surface area contributed by atoms with E-state index < -0.39 is 5.60 Å². The first kappa shape index (κ1) is 14.7. The van der Waals surface area contributed by atoms with Crippen LogP contribution in [-0.4, -0.2) is 10.7 Å². The normalized spacial score (nSPS) is 14.7. The van der Waals surface area contributed by atoms with E-state index in [4.69, 9.17) is 15.3 Å². The van der Waals surface area contributed by atoms with Crippen LogP contribution in [0.15, 0.2) is 42.5 Å². The zero-order valence-electron chi connectivity index (χ0n) is 12.8. The lowest BCUT2D eigenvalue weighted by Crippen LogP contribution is -2.29. The molecule has 0 aliphatic carbocycles. The highest BCUT2D eigenvalue weighted by Crippen LogP contribution is 2.42. The molecule has 0 saturated carbocycles. The van der Waals surface area contributed by atoms with Gasteiger partial charge in [-0.1, -0.05) is 0 Å². The van der Waals surface area contributed by atoms with Crippen LogP contribution < -0.4 is 4.74 Å². The van der Waals surface area contributed by atoms with Crippen molar-refractivity contribution in [1.29, 1.82) is 10.5 Å². The highest BCUT2D eigenvalue weighted by Gasteiger charge is 2.28. The summed E-state index contributed by atoms with van der Waals surface area (Å²) in [6, 6.07) is 14.1. The molecular weight excluding hydrogens is 288 g/mol. The average Bonchev–Trinajstić information content (AvgIpc) is 2.53. The quantitative estimate of drug-likeness (QED) is 0.870. The van der Waals surface area contributed by atoms with Crippen molar-refractivity contribution >= 4 is 5.57 Å². The van der Waals surface area contributed by atoms with Crippen molar-refractivity contribution in [2.24, 2.45) is 0 Å². The molecule has 2 aromatic rings. The van der Waals surface area contributed by atoms with Gasteiger partial charge in [0.25, 0.3) is 0 Å². The number of hydrogen-bond acceptors (Lipinski definition) is 4. The Balaban J connectivity index is 2.28. The zero-order chi connectivity index (χ0) is 16.6. The van der Waals surface area contributed by atoms with Gasteiger partial charge in [0.15, 0.2) is 0 Å². The molecule has 0 radical (unpaired) electrons. The molecule has 0 bridgehead atoms. The molecule has 4 nitrogen and oxygen atoms in total. The molecule has 1 heterocycles. The highest BCUT2D eigenvalue weighted by atomic mass is 16.5. The topological polar surface area (TPSA) is 77.0 Å². The van der Waals surface area contributed by atoms with Crippen molar-refractivity contribution in [2.75, 3.05) is 0 Å². The Morgan fingerprint density at radius 3 is 2.22 bits per heavy atom. The monoisotopic (exact) mass is 302 g/mol. The molecule has 3 rings (SSSR count). The summed E-state index contributed by atoms with van der Waals surface area (Å²) in [4.78, 5) is 0. The van der Waals surface area contributed by atoms with Crippen LogP contribution in [0.25, 0.3) is 5.57 Å². The van der Waals surface area contributed by atoms with E-state index in [-0.39, 0.29) is 5.75 Å². The van der Waals surface area contributed by atoms with Crippen molar-refractivity contribution in [2.45, 2.75) is 19.4 Å². The molecule has 2 aromatic carbocycles. The summed E-state index contributed by atoms with van der Waals surface area (Å²) in [7, 11) is 0. The molecule has 1 N–H and O–H groups in total. The molecular formula is C19H14N2O2. The molecule has 0 atom stereocenters. The van der Waals surface area contributed by atoms with Crippen molar-refractivity contribution in [3.05, 3.63) is 64.7 Å². The Morgan fingerprint density at radius 2 is 1.57 bits per heavy atom. The molecule has 0 unspecified atom stereocenters. The fraction of sp³-hybridized carbons (Fsp3) is 0.158. The molecule has 23 heavy (non-hydrogen) atoms. The van der Waals surface area contributed by atoms with E-state index in [2.05, 4.69) is 12.1 Å². The lowest BCUT2D eigenvalue weighted by Gasteiger charge is -2.31. The lowest BCUT2D eigenvalue weighted by atomic mass is 9.88.